The van der Waals surface area contributed by atoms with Gasteiger partial charge in [0.15, 0.2) is 16.8 Å². The Balaban J connectivity index is 1.55. The summed E-state index contributed by atoms with van der Waals surface area (Å²) in [5, 5.41) is 9.66. The van der Waals surface area contributed by atoms with Crippen molar-refractivity contribution in [3.8, 4) is 17.1 Å². The van der Waals surface area contributed by atoms with Crippen LogP contribution in [0.5, 0.6) is 5.75 Å². The van der Waals surface area contributed by atoms with E-state index in [2.05, 4.69) is 26.3 Å². The molecule has 0 N–H and O–H groups in total. The van der Waals surface area contributed by atoms with Gasteiger partial charge in [-0.2, -0.15) is 0 Å². The second-order valence-corrected chi connectivity index (χ2v) is 9.89. The predicted octanol–water partition coefficient (Wildman–Crippen LogP) is 4.73. The standard InChI is InChI=1S/C26H34N4O4S/c1-17-13-23(19(3)30(17)18(2)15-32-4)24(31)16-35-26-28-27-25(20-8-10-21(33-5)11-9-20)29(26)14-22-7-6-12-34-22/h8-11,13,18,22H,6-7,12,14-16H2,1-5H3. The van der Waals surface area contributed by atoms with Gasteiger partial charge in [-0.05, 0) is 63.9 Å². The van der Waals surface area contributed by atoms with Crippen LogP contribution in [0.25, 0.3) is 11.4 Å². The Morgan fingerprint density at radius 1 is 1.23 bits per heavy atom. The molecule has 8 nitrogen and oxygen atoms in total. The fourth-order valence-electron chi connectivity index (χ4n) is 4.77. The van der Waals surface area contributed by atoms with Gasteiger partial charge in [-0.3, -0.25) is 9.36 Å². The predicted molar refractivity (Wildman–Crippen MR) is 137 cm³/mol. The van der Waals surface area contributed by atoms with Crippen molar-refractivity contribution in [3.05, 3.63) is 47.3 Å². The van der Waals surface area contributed by atoms with E-state index in [1.165, 1.54) is 11.8 Å². The molecule has 1 saturated heterocycles. The molecule has 1 aromatic carbocycles. The molecule has 0 aliphatic carbocycles. The topological polar surface area (TPSA) is 80.4 Å². The van der Waals surface area contributed by atoms with Crippen molar-refractivity contribution < 1.29 is 19.0 Å². The summed E-state index contributed by atoms with van der Waals surface area (Å²) in [6.07, 6.45) is 2.19. The molecule has 188 valence electrons. The first kappa shape index (κ1) is 25.5. The van der Waals surface area contributed by atoms with Gasteiger partial charge in [0.1, 0.15) is 5.75 Å². The van der Waals surface area contributed by atoms with Crippen molar-refractivity contribution in [1.29, 1.82) is 0 Å². The Kier molecular flexibility index (Phi) is 8.30. The molecule has 3 aromatic rings. The van der Waals surface area contributed by atoms with E-state index in [4.69, 9.17) is 14.2 Å². The van der Waals surface area contributed by atoms with Crippen LogP contribution >= 0.6 is 11.8 Å². The van der Waals surface area contributed by atoms with Crippen LogP contribution in [0.2, 0.25) is 0 Å². The van der Waals surface area contributed by atoms with E-state index in [0.717, 1.165) is 58.7 Å². The first-order valence-corrected chi connectivity index (χ1v) is 12.9. The van der Waals surface area contributed by atoms with Gasteiger partial charge in [0.05, 0.1) is 38.2 Å². The number of carbonyl (C=O) groups is 1. The van der Waals surface area contributed by atoms with Crippen molar-refractivity contribution in [2.45, 2.75) is 57.5 Å². The number of nitrogens with zero attached hydrogens (tertiary/aromatic N) is 4. The van der Waals surface area contributed by atoms with Gasteiger partial charge in [0.25, 0.3) is 0 Å². The number of thioether (sulfide) groups is 1. The van der Waals surface area contributed by atoms with E-state index in [1.54, 1.807) is 14.2 Å². The number of rotatable bonds is 11. The molecule has 0 spiro atoms. The SMILES string of the molecule is COCC(C)n1c(C)cc(C(=O)CSc2nnc(-c3ccc(OC)cc3)n2CC2CCCO2)c1C. The minimum Gasteiger partial charge on any atom is -0.497 e. The Bertz CT molecular complexity index is 1150. The Hall–Kier alpha value is -2.62. The van der Waals surface area contributed by atoms with Crippen LogP contribution in [0.3, 0.4) is 0 Å². The average Bonchev–Trinajstić information content (AvgIpc) is 3.58. The summed E-state index contributed by atoms with van der Waals surface area (Å²) < 4.78 is 20.8. The number of methoxy groups -OCH3 is 2. The molecule has 9 heteroatoms. The summed E-state index contributed by atoms with van der Waals surface area (Å²) in [5.74, 6) is 1.92. The summed E-state index contributed by atoms with van der Waals surface area (Å²) >= 11 is 1.42. The zero-order valence-electron chi connectivity index (χ0n) is 21.1. The number of benzene rings is 1. The Labute approximate surface area is 211 Å². The molecule has 2 aromatic heterocycles. The van der Waals surface area contributed by atoms with E-state index in [1.807, 2.05) is 44.2 Å². The van der Waals surface area contributed by atoms with Crippen LogP contribution in [0.15, 0.2) is 35.5 Å². The molecular formula is C26H34N4O4S. The summed E-state index contributed by atoms with van der Waals surface area (Å²) in [4.78, 5) is 13.2. The zero-order chi connectivity index (χ0) is 24.9. The van der Waals surface area contributed by atoms with Crippen molar-refractivity contribution in [2.24, 2.45) is 0 Å². The lowest BCUT2D eigenvalue weighted by molar-refractivity contribution is 0.0953. The molecule has 0 amide bonds. The molecule has 1 fully saturated rings. The summed E-state index contributed by atoms with van der Waals surface area (Å²) in [6, 6.07) is 9.92. The maximum atomic E-state index is 13.2. The molecule has 2 unspecified atom stereocenters. The third-order valence-electron chi connectivity index (χ3n) is 6.44. The van der Waals surface area contributed by atoms with Crippen LogP contribution in [0.4, 0.5) is 0 Å². The smallest absolute Gasteiger partial charge is 0.192 e. The van der Waals surface area contributed by atoms with Crippen LogP contribution in [0, 0.1) is 13.8 Å². The van der Waals surface area contributed by atoms with E-state index in [0.29, 0.717) is 13.2 Å². The molecular weight excluding hydrogens is 464 g/mol. The second-order valence-electron chi connectivity index (χ2n) is 8.95. The minimum absolute atomic E-state index is 0.0802. The van der Waals surface area contributed by atoms with E-state index < -0.39 is 0 Å². The molecule has 1 aliphatic rings. The van der Waals surface area contributed by atoms with Crippen LogP contribution in [-0.2, 0) is 16.0 Å². The monoisotopic (exact) mass is 498 g/mol. The highest BCUT2D eigenvalue weighted by Gasteiger charge is 2.24. The normalized spacial score (nSPS) is 16.5. The molecule has 1 aliphatic heterocycles. The quantitative estimate of drug-likeness (QED) is 0.279. The van der Waals surface area contributed by atoms with Gasteiger partial charge in [-0.15, -0.1) is 10.2 Å². The molecule has 0 bridgehead atoms. The molecule has 0 saturated carbocycles. The van der Waals surface area contributed by atoms with Crippen LogP contribution < -0.4 is 4.74 Å². The lowest BCUT2D eigenvalue weighted by atomic mass is 10.2. The zero-order valence-corrected chi connectivity index (χ0v) is 21.9. The van der Waals surface area contributed by atoms with E-state index in [9.17, 15) is 4.79 Å². The highest BCUT2D eigenvalue weighted by molar-refractivity contribution is 7.99. The first-order valence-electron chi connectivity index (χ1n) is 12.0. The van der Waals surface area contributed by atoms with Gasteiger partial charge < -0.3 is 18.8 Å². The number of ether oxygens (including phenoxy) is 3. The maximum absolute atomic E-state index is 13.2. The third kappa shape index (κ3) is 5.63. The average molecular weight is 499 g/mol. The lowest BCUT2D eigenvalue weighted by Gasteiger charge is -2.17. The summed E-state index contributed by atoms with van der Waals surface area (Å²) in [5.41, 5.74) is 3.73. The number of ketones is 1. The molecule has 35 heavy (non-hydrogen) atoms. The first-order chi connectivity index (χ1) is 16.9. The van der Waals surface area contributed by atoms with Crippen molar-refractivity contribution in [1.82, 2.24) is 19.3 Å². The molecule has 2 atom stereocenters. The summed E-state index contributed by atoms with van der Waals surface area (Å²) in [7, 11) is 3.34. The number of Topliss-reactive ketones (excluding diaryl/α,β-unsaturated/α-hetero) is 1. The number of hydrogen-bond donors (Lipinski definition) is 0. The minimum atomic E-state index is 0.0802. The van der Waals surface area contributed by atoms with Gasteiger partial charge in [-0.1, -0.05) is 11.8 Å². The summed E-state index contributed by atoms with van der Waals surface area (Å²) in [6.45, 7) is 8.16. The van der Waals surface area contributed by atoms with Crippen LogP contribution in [0.1, 0.15) is 47.6 Å². The van der Waals surface area contributed by atoms with Gasteiger partial charge in [0, 0.05) is 36.2 Å². The van der Waals surface area contributed by atoms with Gasteiger partial charge in [-0.25, -0.2) is 0 Å². The van der Waals surface area contributed by atoms with Gasteiger partial charge in [0.2, 0.25) is 0 Å². The molecule has 3 heterocycles. The largest absolute Gasteiger partial charge is 0.497 e. The second kappa shape index (κ2) is 11.4. The molecule has 0 radical (unpaired) electrons. The van der Waals surface area contributed by atoms with Crippen molar-refractivity contribution in [3.63, 3.8) is 0 Å². The number of aryl methyl sites for hydroxylation is 1. The van der Waals surface area contributed by atoms with Gasteiger partial charge >= 0.3 is 0 Å². The van der Waals surface area contributed by atoms with E-state index in [-0.39, 0.29) is 23.7 Å². The number of aromatic nitrogens is 4. The van der Waals surface area contributed by atoms with E-state index >= 15 is 0 Å². The number of carbonyl (C=O) groups excluding carboxylic acids is 1. The number of hydrogen-bond acceptors (Lipinski definition) is 7. The maximum Gasteiger partial charge on any atom is 0.192 e. The fraction of sp³-hybridized carbons (Fsp3) is 0.500. The highest BCUT2D eigenvalue weighted by atomic mass is 32.2. The third-order valence-corrected chi connectivity index (χ3v) is 7.41. The Morgan fingerprint density at radius 2 is 2.00 bits per heavy atom. The van der Waals surface area contributed by atoms with Crippen molar-refractivity contribution >= 4 is 17.5 Å². The fourth-order valence-corrected chi connectivity index (χ4v) is 5.60. The molecule has 4 rings (SSSR count). The Morgan fingerprint density at radius 3 is 2.66 bits per heavy atom. The highest BCUT2D eigenvalue weighted by Crippen LogP contribution is 2.29. The van der Waals surface area contributed by atoms with Crippen molar-refractivity contribution in [2.75, 3.05) is 33.2 Å². The lowest BCUT2D eigenvalue weighted by Crippen LogP contribution is -2.17. The van der Waals surface area contributed by atoms with Crippen LogP contribution in [-0.4, -0.2) is 64.4 Å².